The van der Waals surface area contributed by atoms with Crippen LogP contribution in [0.15, 0.2) is 54.6 Å². The third-order valence-corrected chi connectivity index (χ3v) is 5.21. The molecule has 1 N–H and O–H groups in total. The lowest BCUT2D eigenvalue weighted by Gasteiger charge is -2.30. The summed E-state index contributed by atoms with van der Waals surface area (Å²) in [5.41, 5.74) is 4.95. The van der Waals surface area contributed by atoms with E-state index >= 15 is 0 Å². The molecule has 2 aromatic carbocycles. The molecule has 3 nitrogen and oxygen atoms in total. The molecule has 0 saturated heterocycles. The van der Waals surface area contributed by atoms with E-state index in [0.717, 1.165) is 43.5 Å². The molecule has 0 bridgehead atoms. The fourth-order valence-electron chi connectivity index (χ4n) is 3.82. The number of nitrogens with one attached hydrogen (secondary N) is 1. The van der Waals surface area contributed by atoms with Gasteiger partial charge in [0.1, 0.15) is 0 Å². The van der Waals surface area contributed by atoms with Crippen molar-refractivity contribution in [2.75, 3.05) is 18.0 Å². The highest BCUT2D eigenvalue weighted by molar-refractivity contribution is 5.93. The molecule has 1 atom stereocenters. The number of benzene rings is 2. The van der Waals surface area contributed by atoms with Gasteiger partial charge in [0.25, 0.3) is 0 Å². The summed E-state index contributed by atoms with van der Waals surface area (Å²) in [7, 11) is 0. The molecule has 1 amide bonds. The topological polar surface area (TPSA) is 32.3 Å². The zero-order chi connectivity index (χ0) is 19.1. The van der Waals surface area contributed by atoms with E-state index in [2.05, 4.69) is 54.7 Å². The Morgan fingerprint density at radius 2 is 2.00 bits per heavy atom. The van der Waals surface area contributed by atoms with Gasteiger partial charge in [-0.2, -0.15) is 0 Å². The van der Waals surface area contributed by atoms with Crippen LogP contribution in [0.1, 0.15) is 43.4 Å². The minimum Gasteiger partial charge on any atom is -0.314 e. The molecule has 0 radical (unpaired) electrons. The molecule has 3 heteroatoms. The summed E-state index contributed by atoms with van der Waals surface area (Å²) in [4.78, 5) is 14.3. The van der Waals surface area contributed by atoms with Crippen molar-refractivity contribution in [3.8, 4) is 0 Å². The first kappa shape index (κ1) is 19.4. The summed E-state index contributed by atoms with van der Waals surface area (Å²) in [5, 5.41) is 3.64. The van der Waals surface area contributed by atoms with Crippen molar-refractivity contribution >= 4 is 17.7 Å². The summed E-state index contributed by atoms with van der Waals surface area (Å²) >= 11 is 0. The molecule has 1 aliphatic carbocycles. The molecule has 142 valence electrons. The maximum absolute atomic E-state index is 12.4. The fraction of sp³-hybridized carbons (Fsp3) is 0.375. The average molecular weight is 363 g/mol. The highest BCUT2D eigenvalue weighted by Crippen LogP contribution is 2.31. The number of nitrogens with zero attached hydrogens (tertiary/aromatic N) is 1. The first-order valence-corrected chi connectivity index (χ1v) is 10.0. The van der Waals surface area contributed by atoms with Crippen LogP contribution in [-0.2, 0) is 17.6 Å². The maximum atomic E-state index is 12.4. The second-order valence-corrected chi connectivity index (χ2v) is 7.25. The number of rotatable bonds is 7. The van der Waals surface area contributed by atoms with Gasteiger partial charge in [0.05, 0.1) is 0 Å². The highest BCUT2D eigenvalue weighted by Gasteiger charge is 2.23. The zero-order valence-corrected chi connectivity index (χ0v) is 16.4. The first-order valence-electron chi connectivity index (χ1n) is 10.0. The maximum Gasteiger partial charge on any atom is 0.224 e. The largest absolute Gasteiger partial charge is 0.314 e. The molecule has 27 heavy (non-hydrogen) atoms. The Kier molecular flexibility index (Phi) is 6.83. The van der Waals surface area contributed by atoms with Crippen molar-refractivity contribution in [1.29, 1.82) is 0 Å². The number of carbonyl (C=O) groups excluding carboxylic acids is 1. The van der Waals surface area contributed by atoms with Gasteiger partial charge in [0, 0.05) is 25.2 Å². The third-order valence-electron chi connectivity index (χ3n) is 5.21. The zero-order valence-electron chi connectivity index (χ0n) is 16.4. The molecular formula is C24H30N2O. The van der Waals surface area contributed by atoms with Crippen LogP contribution in [0.4, 0.5) is 5.69 Å². The van der Waals surface area contributed by atoms with E-state index in [1.807, 2.05) is 23.1 Å². The van der Waals surface area contributed by atoms with Crippen molar-refractivity contribution in [3.05, 3.63) is 71.3 Å². The number of anilines is 1. The minimum absolute atomic E-state index is 0.0901. The quantitative estimate of drug-likeness (QED) is 0.780. The Morgan fingerprint density at radius 3 is 2.74 bits per heavy atom. The van der Waals surface area contributed by atoms with E-state index < -0.39 is 0 Å². The number of amides is 1. The predicted octanol–water partition coefficient (Wildman–Crippen LogP) is 4.61. The summed E-state index contributed by atoms with van der Waals surface area (Å²) in [5.74, 6) is 0.0901. The van der Waals surface area contributed by atoms with Crippen LogP contribution < -0.4 is 10.2 Å². The molecule has 0 saturated carbocycles. The summed E-state index contributed by atoms with van der Waals surface area (Å²) in [6, 6.07) is 17.2. The third kappa shape index (κ3) is 5.08. The van der Waals surface area contributed by atoms with Gasteiger partial charge >= 0.3 is 0 Å². The molecule has 0 heterocycles. The molecule has 0 spiro atoms. The fourth-order valence-corrected chi connectivity index (χ4v) is 3.82. The molecule has 2 aromatic rings. The van der Waals surface area contributed by atoms with Crippen LogP contribution in [0.3, 0.4) is 0 Å². The Morgan fingerprint density at radius 1 is 1.19 bits per heavy atom. The van der Waals surface area contributed by atoms with E-state index in [9.17, 15) is 4.79 Å². The lowest BCUT2D eigenvalue weighted by molar-refractivity contribution is -0.116. The molecular weight excluding hydrogens is 332 g/mol. The van der Waals surface area contributed by atoms with Crippen LogP contribution in [0, 0.1) is 0 Å². The Hall–Kier alpha value is -2.39. The average Bonchev–Trinajstić information content (AvgIpc) is 2.69. The van der Waals surface area contributed by atoms with Gasteiger partial charge in [-0.25, -0.2) is 0 Å². The van der Waals surface area contributed by atoms with Crippen LogP contribution in [-0.4, -0.2) is 25.0 Å². The smallest absolute Gasteiger partial charge is 0.224 e. The number of carbonyl (C=O) groups is 1. The SMILES string of the molecule is CCCNC1CCc2c(cccc2N(C/C=C/c2ccccc2)C(C)=O)C1. The van der Waals surface area contributed by atoms with Gasteiger partial charge < -0.3 is 10.2 Å². The molecule has 0 aromatic heterocycles. The predicted molar refractivity (Wildman–Crippen MR) is 114 cm³/mol. The van der Waals surface area contributed by atoms with Crippen molar-refractivity contribution < 1.29 is 4.79 Å². The van der Waals surface area contributed by atoms with E-state index in [4.69, 9.17) is 0 Å². The van der Waals surface area contributed by atoms with Gasteiger partial charge in [-0.05, 0) is 55.0 Å². The summed E-state index contributed by atoms with van der Waals surface area (Å²) < 4.78 is 0. The highest BCUT2D eigenvalue weighted by atomic mass is 16.2. The number of hydrogen-bond acceptors (Lipinski definition) is 2. The Balaban J connectivity index is 1.77. The summed E-state index contributed by atoms with van der Waals surface area (Å²) in [6.45, 7) is 5.53. The van der Waals surface area contributed by atoms with E-state index in [1.165, 1.54) is 11.1 Å². The number of hydrogen-bond donors (Lipinski definition) is 1. The minimum atomic E-state index is 0.0901. The monoisotopic (exact) mass is 362 g/mol. The van der Waals surface area contributed by atoms with Crippen LogP contribution >= 0.6 is 0 Å². The lowest BCUT2D eigenvalue weighted by atomic mass is 9.86. The van der Waals surface area contributed by atoms with Gasteiger partial charge in [-0.3, -0.25) is 4.79 Å². The van der Waals surface area contributed by atoms with Gasteiger partial charge in [-0.1, -0.05) is 61.5 Å². The molecule has 1 aliphatic rings. The van der Waals surface area contributed by atoms with Crippen molar-refractivity contribution in [2.45, 2.75) is 45.6 Å². The molecule has 1 unspecified atom stereocenters. The standard InChI is InChI=1S/C24H30N2O/c1-3-16-25-22-14-15-23-21(18-22)12-7-13-24(23)26(19(2)27)17-8-11-20-9-5-4-6-10-20/h4-13,22,25H,3,14-18H2,1-2H3/b11-8+. The summed E-state index contributed by atoms with van der Waals surface area (Å²) in [6.07, 6.45) is 8.53. The van der Waals surface area contributed by atoms with Crippen molar-refractivity contribution in [3.63, 3.8) is 0 Å². The Labute approximate surface area is 163 Å². The first-order chi connectivity index (χ1) is 13.2. The van der Waals surface area contributed by atoms with Gasteiger partial charge in [-0.15, -0.1) is 0 Å². The van der Waals surface area contributed by atoms with Crippen LogP contribution in [0.2, 0.25) is 0 Å². The second-order valence-electron chi connectivity index (χ2n) is 7.25. The van der Waals surface area contributed by atoms with Crippen molar-refractivity contribution in [2.24, 2.45) is 0 Å². The van der Waals surface area contributed by atoms with E-state index in [-0.39, 0.29) is 5.91 Å². The van der Waals surface area contributed by atoms with E-state index in [0.29, 0.717) is 12.6 Å². The molecule has 0 aliphatic heterocycles. The number of fused-ring (bicyclic) bond motifs is 1. The molecule has 0 fully saturated rings. The lowest BCUT2D eigenvalue weighted by Crippen LogP contribution is -2.36. The van der Waals surface area contributed by atoms with Crippen LogP contribution in [0.5, 0.6) is 0 Å². The normalized spacial score (nSPS) is 16.3. The van der Waals surface area contributed by atoms with Gasteiger partial charge in [0.2, 0.25) is 5.91 Å². The second kappa shape index (κ2) is 9.52. The van der Waals surface area contributed by atoms with Crippen LogP contribution in [0.25, 0.3) is 6.08 Å². The van der Waals surface area contributed by atoms with Gasteiger partial charge in [0.15, 0.2) is 0 Å². The molecule has 3 rings (SSSR count). The Bertz CT molecular complexity index is 782. The van der Waals surface area contributed by atoms with Crippen molar-refractivity contribution in [1.82, 2.24) is 5.32 Å². The van der Waals surface area contributed by atoms with E-state index in [1.54, 1.807) is 6.92 Å².